The van der Waals surface area contributed by atoms with Gasteiger partial charge >= 0.3 is 0 Å². The van der Waals surface area contributed by atoms with Gasteiger partial charge in [-0.3, -0.25) is 5.10 Å². The average molecular weight is 255 g/mol. The summed E-state index contributed by atoms with van der Waals surface area (Å²) in [4.78, 5) is 4.39. The van der Waals surface area contributed by atoms with Crippen molar-refractivity contribution in [2.45, 2.75) is 19.5 Å². The molecule has 0 saturated carbocycles. The molecular formula is C14H17N5. The van der Waals surface area contributed by atoms with Gasteiger partial charge in [0.2, 0.25) is 0 Å². The number of aromatic nitrogens is 4. The van der Waals surface area contributed by atoms with E-state index in [1.165, 1.54) is 5.52 Å². The molecule has 0 amide bonds. The molecule has 3 rings (SSSR count). The van der Waals surface area contributed by atoms with E-state index in [4.69, 9.17) is 0 Å². The van der Waals surface area contributed by atoms with Crippen molar-refractivity contribution in [1.29, 1.82) is 0 Å². The Bertz CT molecular complexity index is 626. The summed E-state index contributed by atoms with van der Waals surface area (Å²) in [5.41, 5.74) is 3.39. The molecule has 19 heavy (non-hydrogen) atoms. The van der Waals surface area contributed by atoms with Gasteiger partial charge in [0.25, 0.3) is 0 Å². The summed E-state index contributed by atoms with van der Waals surface area (Å²) < 4.78 is 2.20. The van der Waals surface area contributed by atoms with E-state index in [9.17, 15) is 0 Å². The third-order valence-electron chi connectivity index (χ3n) is 3.15. The second-order valence-electron chi connectivity index (χ2n) is 4.54. The van der Waals surface area contributed by atoms with Crippen LogP contribution in [0.1, 0.15) is 12.1 Å². The number of aromatic amines is 1. The maximum Gasteiger partial charge on any atom is 0.0958 e. The highest BCUT2D eigenvalue weighted by Crippen LogP contribution is 2.11. The third-order valence-corrected chi connectivity index (χ3v) is 3.15. The van der Waals surface area contributed by atoms with Crippen LogP contribution in [0.3, 0.4) is 0 Å². The Hall–Kier alpha value is -2.14. The maximum absolute atomic E-state index is 4.39. The van der Waals surface area contributed by atoms with Crippen LogP contribution in [0.5, 0.6) is 0 Å². The summed E-state index contributed by atoms with van der Waals surface area (Å²) in [6.45, 7) is 2.80. The van der Waals surface area contributed by atoms with Gasteiger partial charge in [-0.25, -0.2) is 4.98 Å². The molecule has 0 unspecified atom stereocenters. The average Bonchev–Trinajstić information content (AvgIpc) is 3.08. The smallest absolute Gasteiger partial charge is 0.0958 e. The van der Waals surface area contributed by atoms with Crippen LogP contribution in [0.15, 0.2) is 42.9 Å². The first kappa shape index (κ1) is 11.9. The number of hydrogen-bond acceptors (Lipinski definition) is 3. The molecule has 0 fully saturated rings. The summed E-state index contributed by atoms with van der Waals surface area (Å²) in [6, 6.07) is 10.2. The normalized spacial score (nSPS) is 11.2. The molecule has 0 radical (unpaired) electrons. The monoisotopic (exact) mass is 255 g/mol. The lowest BCUT2D eigenvalue weighted by Crippen LogP contribution is -2.16. The van der Waals surface area contributed by atoms with Gasteiger partial charge in [0.15, 0.2) is 0 Å². The summed E-state index contributed by atoms with van der Waals surface area (Å²) in [6.07, 6.45) is 4.77. The fourth-order valence-electron chi connectivity index (χ4n) is 2.17. The fourth-order valence-corrected chi connectivity index (χ4v) is 2.17. The van der Waals surface area contributed by atoms with Gasteiger partial charge < -0.3 is 9.88 Å². The Kier molecular flexibility index (Phi) is 3.56. The molecule has 98 valence electrons. The standard InChI is InChI=1S/C14H17N5/c1-2-5-14-13(4-1)16-11-19(14)9-3-7-15-10-12-6-8-17-18-12/h1-2,4-6,8,11,15H,3,7,9-10H2,(H,17,18). The van der Waals surface area contributed by atoms with Crippen LogP contribution in [-0.4, -0.2) is 26.3 Å². The van der Waals surface area contributed by atoms with Crippen molar-refractivity contribution in [1.82, 2.24) is 25.1 Å². The highest BCUT2D eigenvalue weighted by atomic mass is 15.1. The second-order valence-corrected chi connectivity index (χ2v) is 4.54. The van der Waals surface area contributed by atoms with Gasteiger partial charge in [0, 0.05) is 25.0 Å². The van der Waals surface area contributed by atoms with Crippen molar-refractivity contribution >= 4 is 11.0 Å². The van der Waals surface area contributed by atoms with Gasteiger partial charge in [-0.15, -0.1) is 0 Å². The number of rotatable bonds is 6. The van der Waals surface area contributed by atoms with Gasteiger partial charge in [0.1, 0.15) is 0 Å². The van der Waals surface area contributed by atoms with Crippen LogP contribution in [0, 0.1) is 0 Å². The lowest BCUT2D eigenvalue weighted by molar-refractivity contribution is 0.584. The molecule has 0 bridgehead atoms. The SMILES string of the molecule is c1ccc2c(c1)ncn2CCCNCc1ccn[nH]1. The Morgan fingerprint density at radius 1 is 1.21 bits per heavy atom. The van der Waals surface area contributed by atoms with Crippen molar-refractivity contribution in [2.75, 3.05) is 6.54 Å². The summed E-state index contributed by atoms with van der Waals surface area (Å²) in [5.74, 6) is 0. The summed E-state index contributed by atoms with van der Waals surface area (Å²) in [5, 5.41) is 10.2. The highest BCUT2D eigenvalue weighted by Gasteiger charge is 2.00. The van der Waals surface area contributed by atoms with E-state index >= 15 is 0 Å². The third kappa shape index (κ3) is 2.82. The predicted molar refractivity (Wildman–Crippen MR) is 74.6 cm³/mol. The number of para-hydroxylation sites is 2. The van der Waals surface area contributed by atoms with Crippen LogP contribution in [0.25, 0.3) is 11.0 Å². The quantitative estimate of drug-likeness (QED) is 0.662. The molecular weight excluding hydrogens is 238 g/mol. The molecule has 0 aliphatic heterocycles. The second kappa shape index (κ2) is 5.67. The molecule has 0 spiro atoms. The van der Waals surface area contributed by atoms with Crippen LogP contribution in [-0.2, 0) is 13.1 Å². The van der Waals surface area contributed by atoms with E-state index in [0.29, 0.717) is 0 Å². The first-order chi connectivity index (χ1) is 9.43. The van der Waals surface area contributed by atoms with E-state index in [0.717, 1.165) is 37.3 Å². The van der Waals surface area contributed by atoms with Gasteiger partial charge in [-0.05, 0) is 31.2 Å². The number of H-pyrrole nitrogens is 1. The van der Waals surface area contributed by atoms with Gasteiger partial charge in [-0.1, -0.05) is 12.1 Å². The van der Waals surface area contributed by atoms with Crippen molar-refractivity contribution in [3.05, 3.63) is 48.5 Å². The first-order valence-corrected chi connectivity index (χ1v) is 6.52. The minimum Gasteiger partial charge on any atom is -0.331 e. The number of nitrogens with one attached hydrogen (secondary N) is 2. The van der Waals surface area contributed by atoms with Crippen LogP contribution in [0.2, 0.25) is 0 Å². The van der Waals surface area contributed by atoms with E-state index in [2.05, 4.69) is 37.2 Å². The molecule has 0 atom stereocenters. The number of hydrogen-bond donors (Lipinski definition) is 2. The first-order valence-electron chi connectivity index (χ1n) is 6.52. The molecule has 2 N–H and O–H groups in total. The Morgan fingerprint density at radius 3 is 3.05 bits per heavy atom. The Labute approximate surface area is 111 Å². The van der Waals surface area contributed by atoms with Crippen LogP contribution >= 0.6 is 0 Å². The largest absolute Gasteiger partial charge is 0.331 e. The summed E-state index contributed by atoms with van der Waals surface area (Å²) in [7, 11) is 0. The minimum atomic E-state index is 0.838. The molecule has 5 nitrogen and oxygen atoms in total. The molecule has 0 saturated heterocycles. The topological polar surface area (TPSA) is 58.5 Å². The van der Waals surface area contributed by atoms with E-state index in [1.54, 1.807) is 6.20 Å². The van der Waals surface area contributed by atoms with Crippen molar-refractivity contribution < 1.29 is 0 Å². The van der Waals surface area contributed by atoms with E-state index < -0.39 is 0 Å². The molecule has 5 heteroatoms. The lowest BCUT2D eigenvalue weighted by atomic mass is 10.3. The van der Waals surface area contributed by atoms with E-state index in [1.807, 2.05) is 24.5 Å². The number of imidazole rings is 1. The molecule has 3 aromatic rings. The zero-order chi connectivity index (χ0) is 12.9. The number of nitrogens with zero attached hydrogens (tertiary/aromatic N) is 3. The van der Waals surface area contributed by atoms with Crippen molar-refractivity contribution in [3.63, 3.8) is 0 Å². The lowest BCUT2D eigenvalue weighted by Gasteiger charge is -2.05. The molecule has 2 aromatic heterocycles. The molecule has 1 aromatic carbocycles. The Morgan fingerprint density at radius 2 is 2.16 bits per heavy atom. The molecule has 2 heterocycles. The fraction of sp³-hybridized carbons (Fsp3) is 0.286. The molecule has 0 aliphatic carbocycles. The van der Waals surface area contributed by atoms with Crippen molar-refractivity contribution in [2.24, 2.45) is 0 Å². The van der Waals surface area contributed by atoms with Gasteiger partial charge in [0.05, 0.1) is 17.4 Å². The molecule has 0 aliphatic rings. The maximum atomic E-state index is 4.39. The van der Waals surface area contributed by atoms with Gasteiger partial charge in [-0.2, -0.15) is 5.10 Å². The highest BCUT2D eigenvalue weighted by molar-refractivity contribution is 5.74. The number of fused-ring (bicyclic) bond motifs is 1. The zero-order valence-electron chi connectivity index (χ0n) is 10.7. The number of aryl methyl sites for hydroxylation is 1. The van der Waals surface area contributed by atoms with Crippen LogP contribution in [0.4, 0.5) is 0 Å². The van der Waals surface area contributed by atoms with E-state index in [-0.39, 0.29) is 0 Å². The Balaban J connectivity index is 1.47. The van der Waals surface area contributed by atoms with Crippen LogP contribution < -0.4 is 5.32 Å². The van der Waals surface area contributed by atoms with Crippen molar-refractivity contribution in [3.8, 4) is 0 Å². The minimum absolute atomic E-state index is 0.838. The predicted octanol–water partition coefficient (Wildman–Crippen LogP) is 1.94. The number of benzene rings is 1. The zero-order valence-corrected chi connectivity index (χ0v) is 10.7. The summed E-state index contributed by atoms with van der Waals surface area (Å²) >= 11 is 0.